The Bertz CT molecular complexity index is 1270. The molecule has 1 aliphatic rings. The Kier molecular flexibility index (Phi) is 4.33. The number of carbonyl (C=O) groups excluding carboxylic acids is 2. The van der Waals surface area contributed by atoms with Crippen LogP contribution in [0.4, 0.5) is 5.69 Å². The number of halogens is 1. The van der Waals surface area contributed by atoms with Crippen molar-refractivity contribution in [3.05, 3.63) is 87.9 Å². The van der Waals surface area contributed by atoms with Crippen LogP contribution in [0.2, 0.25) is 5.02 Å². The van der Waals surface area contributed by atoms with Crippen LogP contribution in [-0.2, 0) is 9.84 Å². The number of hydrogen-bond acceptors (Lipinski definition) is 4. The molecule has 28 heavy (non-hydrogen) atoms. The maximum absolute atomic E-state index is 13.0. The van der Waals surface area contributed by atoms with Gasteiger partial charge in [0.25, 0.3) is 5.91 Å². The predicted octanol–water partition coefficient (Wildman–Crippen LogP) is 4.28. The number of amides is 1. The third-order valence-electron chi connectivity index (χ3n) is 4.64. The number of anilines is 1. The lowest BCUT2D eigenvalue weighted by Gasteiger charge is -2.19. The van der Waals surface area contributed by atoms with Crippen LogP contribution in [0, 0.1) is 6.92 Å². The zero-order valence-electron chi connectivity index (χ0n) is 14.7. The lowest BCUT2D eigenvalue weighted by atomic mass is 10.0. The van der Waals surface area contributed by atoms with E-state index in [0.29, 0.717) is 10.7 Å². The van der Waals surface area contributed by atoms with Gasteiger partial charge in [-0.25, -0.2) is 8.42 Å². The first-order valence-corrected chi connectivity index (χ1v) is 10.3. The van der Waals surface area contributed by atoms with Gasteiger partial charge < -0.3 is 5.32 Å². The number of hydrogen-bond donors (Lipinski definition) is 1. The molecule has 140 valence electrons. The summed E-state index contributed by atoms with van der Waals surface area (Å²) < 4.78 is 25.9. The van der Waals surface area contributed by atoms with Crippen molar-refractivity contribution in [2.45, 2.75) is 16.7 Å². The minimum atomic E-state index is -3.90. The fraction of sp³-hybridized carbons (Fsp3) is 0.0476. The van der Waals surface area contributed by atoms with Crippen molar-refractivity contribution in [3.63, 3.8) is 0 Å². The molecule has 0 spiro atoms. The van der Waals surface area contributed by atoms with Crippen LogP contribution >= 0.6 is 11.6 Å². The van der Waals surface area contributed by atoms with Crippen LogP contribution in [0.15, 0.2) is 70.5 Å². The average molecular weight is 412 g/mol. The minimum Gasteiger partial charge on any atom is -0.322 e. The smallest absolute Gasteiger partial charge is 0.255 e. The molecule has 1 heterocycles. The standard InChI is InChI=1S/C21H14ClNO4S/c1-12-10-14(22)7-9-17(12)23-21(25)13-6-8-16-19(11-13)28(26,27)18-5-3-2-4-15(18)20(16)24/h2-11H,1H3,(H,23,25). The highest BCUT2D eigenvalue weighted by Gasteiger charge is 2.35. The molecule has 3 aromatic rings. The lowest BCUT2D eigenvalue weighted by Crippen LogP contribution is -2.21. The number of carbonyl (C=O) groups is 2. The highest BCUT2D eigenvalue weighted by atomic mass is 35.5. The molecule has 0 aromatic heterocycles. The van der Waals surface area contributed by atoms with Gasteiger partial charge in [0.2, 0.25) is 9.84 Å². The molecule has 0 unspecified atom stereocenters. The predicted molar refractivity (Wildman–Crippen MR) is 106 cm³/mol. The summed E-state index contributed by atoms with van der Waals surface area (Å²) in [6.45, 7) is 1.80. The van der Waals surface area contributed by atoms with Crippen molar-refractivity contribution in [2.24, 2.45) is 0 Å². The van der Waals surface area contributed by atoms with E-state index in [9.17, 15) is 18.0 Å². The fourth-order valence-corrected chi connectivity index (χ4v) is 5.09. The number of ketones is 1. The van der Waals surface area contributed by atoms with Crippen LogP contribution in [0.5, 0.6) is 0 Å². The van der Waals surface area contributed by atoms with Gasteiger partial charge in [-0.3, -0.25) is 9.59 Å². The highest BCUT2D eigenvalue weighted by molar-refractivity contribution is 7.91. The van der Waals surface area contributed by atoms with Gasteiger partial charge in [0.15, 0.2) is 5.78 Å². The molecule has 5 nitrogen and oxygen atoms in total. The molecule has 0 saturated carbocycles. The lowest BCUT2D eigenvalue weighted by molar-refractivity contribution is 0.101. The number of nitrogens with one attached hydrogen (secondary N) is 1. The number of rotatable bonds is 2. The van der Waals surface area contributed by atoms with Gasteiger partial charge in [-0.15, -0.1) is 0 Å². The molecule has 0 atom stereocenters. The largest absolute Gasteiger partial charge is 0.322 e. The second-order valence-corrected chi connectivity index (χ2v) is 8.78. The third-order valence-corrected chi connectivity index (χ3v) is 6.72. The number of benzene rings is 3. The third kappa shape index (κ3) is 2.91. The summed E-state index contributed by atoms with van der Waals surface area (Å²) in [6.07, 6.45) is 0. The topological polar surface area (TPSA) is 80.3 Å². The summed E-state index contributed by atoms with van der Waals surface area (Å²) in [5.41, 5.74) is 1.69. The maximum atomic E-state index is 13.0. The summed E-state index contributed by atoms with van der Waals surface area (Å²) in [5.74, 6) is -0.851. The Labute approximate surface area is 166 Å². The maximum Gasteiger partial charge on any atom is 0.255 e. The molecule has 0 aliphatic carbocycles. The number of aryl methyl sites for hydroxylation is 1. The highest BCUT2D eigenvalue weighted by Crippen LogP contribution is 2.35. The van der Waals surface area contributed by atoms with Crippen molar-refractivity contribution in [3.8, 4) is 0 Å². The first-order valence-electron chi connectivity index (χ1n) is 8.39. The minimum absolute atomic E-state index is 0.0430. The summed E-state index contributed by atoms with van der Waals surface area (Å²) >= 11 is 5.92. The van der Waals surface area contributed by atoms with E-state index >= 15 is 0 Å². The van der Waals surface area contributed by atoms with E-state index in [2.05, 4.69) is 5.32 Å². The molecule has 7 heteroatoms. The first kappa shape index (κ1) is 18.4. The Balaban J connectivity index is 1.76. The van der Waals surface area contributed by atoms with E-state index in [-0.39, 0.29) is 32.3 Å². The Morgan fingerprint density at radius 3 is 2.39 bits per heavy atom. The van der Waals surface area contributed by atoms with Crippen molar-refractivity contribution in [1.29, 1.82) is 0 Å². The van der Waals surface area contributed by atoms with Gasteiger partial charge in [0.05, 0.1) is 9.79 Å². The van der Waals surface area contributed by atoms with E-state index in [4.69, 9.17) is 11.6 Å². The van der Waals surface area contributed by atoms with Gasteiger partial charge in [-0.2, -0.15) is 0 Å². The monoisotopic (exact) mass is 411 g/mol. The fourth-order valence-electron chi connectivity index (χ4n) is 3.19. The van der Waals surface area contributed by atoms with Gasteiger partial charge in [-0.1, -0.05) is 23.7 Å². The van der Waals surface area contributed by atoms with Crippen LogP contribution in [0.1, 0.15) is 31.8 Å². The second-order valence-electron chi connectivity index (χ2n) is 6.45. The van der Waals surface area contributed by atoms with E-state index in [0.717, 1.165) is 5.56 Å². The molecule has 1 N–H and O–H groups in total. The van der Waals surface area contributed by atoms with E-state index in [1.807, 2.05) is 0 Å². The van der Waals surface area contributed by atoms with Crippen LogP contribution in [-0.4, -0.2) is 20.1 Å². The zero-order valence-corrected chi connectivity index (χ0v) is 16.3. The van der Waals surface area contributed by atoms with Crippen LogP contribution in [0.3, 0.4) is 0 Å². The SMILES string of the molecule is Cc1cc(Cl)ccc1NC(=O)c1ccc2c(c1)S(=O)(=O)c1ccccc1C2=O. The average Bonchev–Trinajstić information content (AvgIpc) is 2.68. The van der Waals surface area contributed by atoms with E-state index < -0.39 is 15.7 Å². The van der Waals surface area contributed by atoms with Crippen molar-refractivity contribution >= 4 is 38.8 Å². The summed E-state index contributed by atoms with van der Waals surface area (Å²) in [6, 6.07) is 15.2. The number of fused-ring (bicyclic) bond motifs is 2. The van der Waals surface area contributed by atoms with E-state index in [1.165, 1.54) is 30.3 Å². The molecule has 1 aliphatic heterocycles. The first-order chi connectivity index (χ1) is 13.3. The summed E-state index contributed by atoms with van der Waals surface area (Å²) in [5, 5.41) is 3.29. The molecule has 0 bridgehead atoms. The Morgan fingerprint density at radius 1 is 0.929 bits per heavy atom. The van der Waals surface area contributed by atoms with Gasteiger partial charge >= 0.3 is 0 Å². The second kappa shape index (κ2) is 6.58. The molecule has 3 aromatic carbocycles. The molecule has 0 radical (unpaired) electrons. The number of sulfone groups is 1. The molecular formula is C21H14ClNO4S. The zero-order chi connectivity index (χ0) is 20.1. The van der Waals surface area contributed by atoms with Crippen molar-refractivity contribution < 1.29 is 18.0 Å². The molecule has 4 rings (SSSR count). The van der Waals surface area contributed by atoms with Crippen molar-refractivity contribution in [2.75, 3.05) is 5.32 Å². The van der Waals surface area contributed by atoms with Crippen LogP contribution in [0.25, 0.3) is 0 Å². The molecule has 1 amide bonds. The van der Waals surface area contributed by atoms with Gasteiger partial charge in [-0.05, 0) is 61.0 Å². The molecular weight excluding hydrogens is 398 g/mol. The summed E-state index contributed by atoms with van der Waals surface area (Å²) in [4.78, 5) is 25.1. The summed E-state index contributed by atoms with van der Waals surface area (Å²) in [7, 11) is -3.90. The Morgan fingerprint density at radius 2 is 1.64 bits per heavy atom. The molecule has 0 fully saturated rings. The van der Waals surface area contributed by atoms with Gasteiger partial charge in [0.1, 0.15) is 0 Å². The van der Waals surface area contributed by atoms with Crippen molar-refractivity contribution in [1.82, 2.24) is 0 Å². The normalized spacial score (nSPS) is 14.1. The van der Waals surface area contributed by atoms with Crippen LogP contribution < -0.4 is 5.32 Å². The van der Waals surface area contributed by atoms with Gasteiger partial charge in [0, 0.05) is 27.4 Å². The Hall–Kier alpha value is -2.96. The van der Waals surface area contributed by atoms with E-state index in [1.54, 1.807) is 37.3 Å². The quantitative estimate of drug-likeness (QED) is 0.534. The molecule has 0 saturated heterocycles.